The summed E-state index contributed by atoms with van der Waals surface area (Å²) in [7, 11) is 3.58. The Morgan fingerprint density at radius 3 is 2.65 bits per heavy atom. The van der Waals surface area contributed by atoms with E-state index in [1.165, 1.54) is 56.9 Å². The molecule has 0 saturated carbocycles. The molecule has 10 heteroatoms. The molecule has 0 spiro atoms. The first-order valence-electron chi connectivity index (χ1n) is 17.2. The van der Waals surface area contributed by atoms with E-state index in [9.17, 15) is 0 Å². The van der Waals surface area contributed by atoms with Crippen molar-refractivity contribution in [1.29, 1.82) is 0 Å². The van der Waals surface area contributed by atoms with Crippen LogP contribution >= 0.6 is 23.1 Å². The number of pyridine rings is 3. The van der Waals surface area contributed by atoms with Gasteiger partial charge in [-0.3, -0.25) is 9.97 Å². The van der Waals surface area contributed by atoms with Gasteiger partial charge in [0.25, 0.3) is 0 Å². The molecule has 1 aliphatic carbocycles. The number of fused-ring (bicyclic) bond motifs is 3. The number of anilines is 1. The molecule has 1 saturated heterocycles. The zero-order valence-electron chi connectivity index (χ0n) is 28.3. The summed E-state index contributed by atoms with van der Waals surface area (Å²) in [4.78, 5) is 26.4. The van der Waals surface area contributed by atoms with Gasteiger partial charge in [0, 0.05) is 77.6 Å². The zero-order valence-corrected chi connectivity index (χ0v) is 29.9. The van der Waals surface area contributed by atoms with Gasteiger partial charge >= 0.3 is 0 Å². The number of nitrogens with one attached hydrogen (secondary N) is 1. The maximum absolute atomic E-state index is 5.63. The number of hydrogen-bond acceptors (Lipinski definition) is 10. The van der Waals surface area contributed by atoms with Gasteiger partial charge in [0.2, 0.25) is 5.88 Å². The molecule has 0 bridgehead atoms. The van der Waals surface area contributed by atoms with Crippen molar-refractivity contribution in [2.24, 2.45) is 11.8 Å². The molecule has 2 aliphatic heterocycles. The number of methoxy groups -OCH3 is 1. The Hall–Kier alpha value is -3.60. The normalized spacial score (nSPS) is 17.2. The van der Waals surface area contributed by atoms with E-state index in [1.54, 1.807) is 30.7 Å². The maximum atomic E-state index is 5.63. The van der Waals surface area contributed by atoms with Gasteiger partial charge in [-0.2, -0.15) is 4.98 Å². The minimum Gasteiger partial charge on any atom is -0.481 e. The van der Waals surface area contributed by atoms with Gasteiger partial charge in [-0.25, -0.2) is 9.97 Å². The van der Waals surface area contributed by atoms with Crippen molar-refractivity contribution in [3.63, 3.8) is 0 Å². The lowest BCUT2D eigenvalue weighted by atomic mass is 9.89. The minimum atomic E-state index is 0.426. The Labute approximate surface area is 291 Å². The van der Waals surface area contributed by atoms with Crippen LogP contribution in [0.15, 0.2) is 53.8 Å². The quantitative estimate of drug-likeness (QED) is 0.173. The lowest BCUT2D eigenvalue weighted by Crippen LogP contribution is -2.17. The highest BCUT2D eigenvalue weighted by atomic mass is 32.2. The van der Waals surface area contributed by atoms with Crippen LogP contribution in [-0.2, 0) is 24.0 Å². The number of aryl methyl sites for hydroxylation is 3. The van der Waals surface area contributed by atoms with Crippen LogP contribution in [-0.4, -0.2) is 58.0 Å². The first-order valence-corrected chi connectivity index (χ1v) is 19.0. The van der Waals surface area contributed by atoms with Crippen molar-refractivity contribution >= 4 is 39.0 Å². The van der Waals surface area contributed by atoms with Crippen LogP contribution in [0, 0.1) is 11.8 Å². The molecule has 8 rings (SSSR count). The highest BCUT2D eigenvalue weighted by Crippen LogP contribution is 2.53. The molecule has 5 aromatic heterocycles. The Kier molecular flexibility index (Phi) is 10.2. The fourth-order valence-electron chi connectivity index (χ4n) is 7.04. The summed E-state index contributed by atoms with van der Waals surface area (Å²) in [6.45, 7) is 6.34. The number of nitrogens with zero attached hydrogens (tertiary/aromatic N) is 5. The van der Waals surface area contributed by atoms with E-state index >= 15 is 0 Å². The smallest absolute Gasteiger partial charge is 0.216 e. The van der Waals surface area contributed by atoms with Gasteiger partial charge in [0.1, 0.15) is 5.82 Å². The Bertz CT molecular complexity index is 1860. The molecular weight excluding hydrogens is 637 g/mol. The van der Waals surface area contributed by atoms with Crippen LogP contribution in [0.25, 0.3) is 31.9 Å². The maximum Gasteiger partial charge on any atom is 0.216 e. The van der Waals surface area contributed by atoms with E-state index in [4.69, 9.17) is 24.4 Å². The molecular formula is C38H44N6O2S2. The highest BCUT2D eigenvalue weighted by molar-refractivity contribution is 7.99. The summed E-state index contributed by atoms with van der Waals surface area (Å²) in [6, 6.07) is 10.4. The second kappa shape index (κ2) is 14.9. The van der Waals surface area contributed by atoms with Crippen LogP contribution in [0.5, 0.6) is 5.88 Å². The van der Waals surface area contributed by atoms with E-state index in [1.807, 2.05) is 37.3 Å². The molecule has 0 radical (unpaired) electrons. The SMILES string of the molecule is CNc1nccc2cc(-c3c4c(nc(CCC5CCOCC5)c3-c3nccc(OC)n3)C(C(C)C)CS4)sc12.c1cnc2c(c1)CCC2. The molecule has 0 aromatic carbocycles. The Balaban J connectivity index is 0.000000347. The molecule has 1 fully saturated rings. The molecule has 48 heavy (non-hydrogen) atoms. The monoisotopic (exact) mass is 680 g/mol. The summed E-state index contributed by atoms with van der Waals surface area (Å²) in [6.07, 6.45) is 13.5. The van der Waals surface area contributed by atoms with E-state index in [2.05, 4.69) is 47.3 Å². The summed E-state index contributed by atoms with van der Waals surface area (Å²) in [5, 5.41) is 4.45. The third kappa shape index (κ3) is 6.80. The largest absolute Gasteiger partial charge is 0.481 e. The molecule has 5 aromatic rings. The van der Waals surface area contributed by atoms with Gasteiger partial charge in [0.05, 0.1) is 28.8 Å². The van der Waals surface area contributed by atoms with Crippen molar-refractivity contribution in [2.45, 2.75) is 69.6 Å². The number of ether oxygens (including phenoxy) is 2. The average molecular weight is 681 g/mol. The fourth-order valence-corrected chi connectivity index (χ4v) is 9.90. The predicted octanol–water partition coefficient (Wildman–Crippen LogP) is 8.64. The molecule has 1 atom stereocenters. The minimum absolute atomic E-state index is 0.426. The number of thioether (sulfide) groups is 1. The zero-order chi connectivity index (χ0) is 33.0. The Morgan fingerprint density at radius 2 is 1.85 bits per heavy atom. The van der Waals surface area contributed by atoms with Gasteiger partial charge < -0.3 is 14.8 Å². The molecule has 1 N–H and O–H groups in total. The van der Waals surface area contributed by atoms with Crippen LogP contribution in [0.3, 0.4) is 0 Å². The summed E-state index contributed by atoms with van der Waals surface area (Å²) >= 11 is 3.71. The van der Waals surface area contributed by atoms with Crippen molar-refractivity contribution in [3.05, 3.63) is 71.6 Å². The van der Waals surface area contributed by atoms with Crippen LogP contribution < -0.4 is 10.1 Å². The van der Waals surface area contributed by atoms with E-state index in [0.717, 1.165) is 66.4 Å². The molecule has 250 valence electrons. The second-order valence-electron chi connectivity index (χ2n) is 13.1. The average Bonchev–Trinajstić information content (AvgIpc) is 3.89. The number of aromatic nitrogens is 5. The second-order valence-corrected chi connectivity index (χ2v) is 15.2. The van der Waals surface area contributed by atoms with E-state index in [0.29, 0.717) is 29.5 Å². The molecule has 0 amide bonds. The summed E-state index contributed by atoms with van der Waals surface area (Å²) < 4.78 is 12.3. The van der Waals surface area contributed by atoms with Gasteiger partial charge in [-0.15, -0.1) is 23.1 Å². The lowest BCUT2D eigenvalue weighted by molar-refractivity contribution is 0.0639. The first-order chi connectivity index (χ1) is 23.5. The van der Waals surface area contributed by atoms with Gasteiger partial charge in [0.15, 0.2) is 5.82 Å². The van der Waals surface area contributed by atoms with Crippen LogP contribution in [0.1, 0.15) is 68.1 Å². The van der Waals surface area contributed by atoms with E-state index < -0.39 is 0 Å². The van der Waals surface area contributed by atoms with Gasteiger partial charge in [-0.1, -0.05) is 19.9 Å². The molecule has 7 heterocycles. The van der Waals surface area contributed by atoms with Crippen LogP contribution in [0.2, 0.25) is 0 Å². The fraction of sp³-hybridized carbons (Fsp3) is 0.447. The summed E-state index contributed by atoms with van der Waals surface area (Å²) in [5.74, 6) is 4.79. The predicted molar refractivity (Wildman–Crippen MR) is 196 cm³/mol. The van der Waals surface area contributed by atoms with Crippen molar-refractivity contribution in [3.8, 4) is 27.7 Å². The Morgan fingerprint density at radius 1 is 1.00 bits per heavy atom. The van der Waals surface area contributed by atoms with Gasteiger partial charge in [-0.05, 0) is 85.9 Å². The first kappa shape index (κ1) is 32.9. The summed E-state index contributed by atoms with van der Waals surface area (Å²) in [5.41, 5.74) is 7.37. The third-order valence-electron chi connectivity index (χ3n) is 9.77. The molecule has 3 aliphatic rings. The molecule has 1 unspecified atom stereocenters. The molecule has 8 nitrogen and oxygen atoms in total. The third-order valence-corrected chi connectivity index (χ3v) is 12.2. The number of rotatable bonds is 8. The van der Waals surface area contributed by atoms with Crippen LogP contribution in [0.4, 0.5) is 5.82 Å². The lowest BCUT2D eigenvalue weighted by Gasteiger charge is -2.23. The van der Waals surface area contributed by atoms with Crippen molar-refractivity contribution in [1.82, 2.24) is 24.9 Å². The topological polar surface area (TPSA) is 94.9 Å². The number of thiophene rings is 1. The highest BCUT2D eigenvalue weighted by Gasteiger charge is 2.34. The van der Waals surface area contributed by atoms with Crippen molar-refractivity contribution in [2.75, 3.05) is 38.4 Å². The standard InChI is InChI=1S/C30H35N5O2S2.C8H9N/c1-17(2)20-16-38-28-25(22-15-19-7-11-33-30(31-3)27(19)39-22)24(29-32-12-8-23(35-29)36-4)21(34-26(20)28)6-5-18-9-13-37-14-10-18;1-3-7-4-2-6-9-8(7)5-1/h7-8,11-12,15,17-18,20H,5-6,9-10,13-14,16H2,1-4H3,(H,31,33);2,4,6H,1,3,5H2. The van der Waals surface area contributed by atoms with E-state index in [-0.39, 0.29) is 0 Å². The number of hydrogen-bond donors (Lipinski definition) is 1. The van der Waals surface area contributed by atoms with Crippen molar-refractivity contribution < 1.29 is 9.47 Å².